The first-order valence-corrected chi connectivity index (χ1v) is 4.48. The Bertz CT molecular complexity index is 241. The Hall–Kier alpha value is -0.830. The zero-order valence-corrected chi connectivity index (χ0v) is 8.08. The third kappa shape index (κ3) is 1.91. The van der Waals surface area contributed by atoms with Gasteiger partial charge in [-0.15, -0.1) is 0 Å². The molecule has 0 heterocycles. The van der Waals surface area contributed by atoms with Crippen LogP contribution >= 0.6 is 0 Å². The number of carbonyl (C=O) groups is 1. The first kappa shape index (κ1) is 10.3. The summed E-state index contributed by atoms with van der Waals surface area (Å²) >= 11 is 0. The minimum atomic E-state index is -0.1000. The van der Waals surface area contributed by atoms with E-state index in [1.165, 1.54) is 0 Å². The van der Waals surface area contributed by atoms with Gasteiger partial charge in [-0.25, -0.2) is 0 Å². The molecule has 1 rings (SSSR count). The average molecular weight is 184 g/mol. The van der Waals surface area contributed by atoms with Crippen molar-refractivity contribution in [2.24, 2.45) is 11.3 Å². The molecule has 3 nitrogen and oxygen atoms in total. The molecule has 0 amide bonds. The van der Waals surface area contributed by atoms with E-state index in [1.807, 2.05) is 13.8 Å². The molecule has 1 saturated carbocycles. The molecule has 2 N–H and O–H groups in total. The van der Waals surface area contributed by atoms with Gasteiger partial charge in [0.15, 0.2) is 5.78 Å². The summed E-state index contributed by atoms with van der Waals surface area (Å²) in [6.45, 7) is 4.05. The van der Waals surface area contributed by atoms with Crippen LogP contribution in [0.1, 0.15) is 26.7 Å². The number of rotatable bonds is 1. The highest BCUT2D eigenvalue weighted by atomic mass is 16.3. The monoisotopic (exact) mass is 184 g/mol. The van der Waals surface area contributed by atoms with E-state index >= 15 is 0 Å². The van der Waals surface area contributed by atoms with E-state index in [-0.39, 0.29) is 23.7 Å². The van der Waals surface area contributed by atoms with E-state index < -0.39 is 0 Å². The lowest BCUT2D eigenvalue weighted by atomic mass is 9.67. The summed E-state index contributed by atoms with van der Waals surface area (Å²) in [5, 5.41) is 17.9. The van der Waals surface area contributed by atoms with Crippen LogP contribution in [0.5, 0.6) is 0 Å². The summed E-state index contributed by atoms with van der Waals surface area (Å²) in [7, 11) is 0. The van der Waals surface area contributed by atoms with Crippen molar-refractivity contribution in [3.63, 3.8) is 0 Å². The summed E-state index contributed by atoms with van der Waals surface area (Å²) in [6, 6.07) is 0. The topological polar surface area (TPSA) is 57.5 Å². The van der Waals surface area contributed by atoms with E-state index in [9.17, 15) is 4.79 Å². The third-order valence-electron chi connectivity index (χ3n) is 2.92. The molecule has 0 radical (unpaired) electrons. The normalized spacial score (nSPS) is 30.8. The van der Waals surface area contributed by atoms with Gasteiger partial charge in [-0.05, 0) is 17.8 Å². The van der Waals surface area contributed by atoms with Crippen molar-refractivity contribution >= 4 is 5.78 Å². The molecule has 1 aliphatic carbocycles. The smallest absolute Gasteiger partial charge is 0.162 e. The third-order valence-corrected chi connectivity index (χ3v) is 2.92. The second-order valence-corrected chi connectivity index (χ2v) is 4.33. The number of allylic oxidation sites excluding steroid dienone is 1. The highest BCUT2D eigenvalue weighted by molar-refractivity contribution is 5.96. The largest absolute Gasteiger partial charge is 0.515 e. The summed E-state index contributed by atoms with van der Waals surface area (Å²) < 4.78 is 0. The van der Waals surface area contributed by atoms with Crippen LogP contribution in [-0.2, 0) is 4.79 Å². The van der Waals surface area contributed by atoms with Gasteiger partial charge in [0.25, 0.3) is 0 Å². The zero-order valence-electron chi connectivity index (χ0n) is 8.08. The fraction of sp³-hybridized carbons (Fsp3) is 0.700. The SMILES string of the molecule is CC1(C)C/C(=C\O)C(=O)CC1CO. The van der Waals surface area contributed by atoms with E-state index in [0.29, 0.717) is 18.4 Å². The molecule has 1 fully saturated rings. The van der Waals surface area contributed by atoms with Gasteiger partial charge in [0.05, 0.1) is 6.26 Å². The molecule has 0 bridgehead atoms. The van der Waals surface area contributed by atoms with Crippen LogP contribution in [0.3, 0.4) is 0 Å². The Morgan fingerprint density at radius 2 is 2.23 bits per heavy atom. The van der Waals surface area contributed by atoms with Crippen molar-refractivity contribution < 1.29 is 15.0 Å². The molecule has 13 heavy (non-hydrogen) atoms. The van der Waals surface area contributed by atoms with E-state index in [2.05, 4.69) is 0 Å². The molecule has 1 atom stereocenters. The predicted molar refractivity (Wildman–Crippen MR) is 49.3 cm³/mol. The number of hydrogen-bond acceptors (Lipinski definition) is 3. The summed E-state index contributed by atoms with van der Waals surface area (Å²) in [4.78, 5) is 11.3. The molecule has 0 aromatic heterocycles. The highest BCUT2D eigenvalue weighted by Gasteiger charge is 2.37. The molecule has 0 spiro atoms. The van der Waals surface area contributed by atoms with E-state index in [0.717, 1.165) is 6.26 Å². The maximum Gasteiger partial charge on any atom is 0.162 e. The first-order chi connectivity index (χ1) is 6.01. The molecular weight excluding hydrogens is 168 g/mol. The van der Waals surface area contributed by atoms with Crippen molar-refractivity contribution in [1.29, 1.82) is 0 Å². The van der Waals surface area contributed by atoms with E-state index in [1.54, 1.807) is 0 Å². The molecule has 0 aromatic carbocycles. The molecule has 1 unspecified atom stereocenters. The molecule has 0 aliphatic heterocycles. The second kappa shape index (κ2) is 3.50. The fourth-order valence-electron chi connectivity index (χ4n) is 1.79. The molecule has 0 saturated heterocycles. The maximum absolute atomic E-state index is 11.3. The van der Waals surface area contributed by atoms with Crippen LogP contribution in [0.25, 0.3) is 0 Å². The van der Waals surface area contributed by atoms with Gasteiger partial charge in [-0.2, -0.15) is 0 Å². The van der Waals surface area contributed by atoms with Gasteiger partial charge < -0.3 is 10.2 Å². The highest BCUT2D eigenvalue weighted by Crippen LogP contribution is 2.40. The molecule has 74 valence electrons. The number of ketones is 1. The lowest BCUT2D eigenvalue weighted by Gasteiger charge is -2.37. The van der Waals surface area contributed by atoms with Gasteiger partial charge in [0.2, 0.25) is 0 Å². The van der Waals surface area contributed by atoms with E-state index in [4.69, 9.17) is 10.2 Å². The Balaban J connectivity index is 2.85. The summed E-state index contributed by atoms with van der Waals surface area (Å²) in [5.74, 6) is -0.0235. The van der Waals surface area contributed by atoms with Crippen LogP contribution in [0, 0.1) is 11.3 Å². The minimum Gasteiger partial charge on any atom is -0.515 e. The lowest BCUT2D eigenvalue weighted by Crippen LogP contribution is -2.35. The Kier molecular flexibility index (Phi) is 2.76. The summed E-state index contributed by atoms with van der Waals surface area (Å²) in [5.41, 5.74) is 0.381. The van der Waals surface area contributed by atoms with Crippen LogP contribution < -0.4 is 0 Å². The molecule has 3 heteroatoms. The Labute approximate surface area is 78.1 Å². The van der Waals surface area contributed by atoms with Crippen LogP contribution in [0.15, 0.2) is 11.8 Å². The van der Waals surface area contributed by atoms with Gasteiger partial charge >= 0.3 is 0 Å². The molecular formula is C10H16O3. The van der Waals surface area contributed by atoms with Crippen LogP contribution in [0.2, 0.25) is 0 Å². The number of Topliss-reactive ketones (excluding diaryl/α,β-unsaturated/α-hetero) is 1. The van der Waals surface area contributed by atoms with Crippen molar-refractivity contribution in [1.82, 2.24) is 0 Å². The minimum absolute atomic E-state index is 0.0173. The zero-order chi connectivity index (χ0) is 10.1. The maximum atomic E-state index is 11.3. The molecule has 0 aromatic rings. The van der Waals surface area contributed by atoms with Gasteiger partial charge in [0, 0.05) is 18.6 Å². The van der Waals surface area contributed by atoms with Crippen LogP contribution in [0.4, 0.5) is 0 Å². The number of aliphatic hydroxyl groups is 2. The fourth-order valence-corrected chi connectivity index (χ4v) is 1.79. The number of aliphatic hydroxyl groups excluding tert-OH is 2. The Morgan fingerprint density at radius 1 is 1.62 bits per heavy atom. The lowest BCUT2D eigenvalue weighted by molar-refractivity contribution is -0.120. The van der Waals surface area contributed by atoms with Crippen molar-refractivity contribution in [3.8, 4) is 0 Å². The number of carbonyl (C=O) groups excluding carboxylic acids is 1. The predicted octanol–water partition coefficient (Wildman–Crippen LogP) is 1.43. The van der Waals surface area contributed by atoms with Gasteiger partial charge in [-0.1, -0.05) is 13.8 Å². The second-order valence-electron chi connectivity index (χ2n) is 4.33. The van der Waals surface area contributed by atoms with Gasteiger partial charge in [-0.3, -0.25) is 4.79 Å². The van der Waals surface area contributed by atoms with Crippen molar-refractivity contribution in [2.75, 3.05) is 6.61 Å². The molecule has 1 aliphatic rings. The van der Waals surface area contributed by atoms with Crippen molar-refractivity contribution in [2.45, 2.75) is 26.7 Å². The number of hydrogen-bond donors (Lipinski definition) is 2. The standard InChI is InChI=1S/C10H16O3/c1-10(2)4-7(5-11)9(13)3-8(10)6-12/h5,8,11-12H,3-4,6H2,1-2H3/b7-5+. The van der Waals surface area contributed by atoms with Gasteiger partial charge in [0.1, 0.15) is 0 Å². The Morgan fingerprint density at radius 3 is 2.69 bits per heavy atom. The average Bonchev–Trinajstić information content (AvgIpc) is 2.08. The summed E-state index contributed by atoms with van der Waals surface area (Å²) in [6.07, 6.45) is 1.79. The first-order valence-electron chi connectivity index (χ1n) is 4.48. The quantitative estimate of drug-likeness (QED) is 0.478. The van der Waals surface area contributed by atoms with Crippen molar-refractivity contribution in [3.05, 3.63) is 11.8 Å². The van der Waals surface area contributed by atoms with Crippen LogP contribution in [-0.4, -0.2) is 22.6 Å².